The molecule has 3 nitrogen and oxygen atoms in total. The van der Waals surface area contributed by atoms with Crippen molar-refractivity contribution in [2.24, 2.45) is 0 Å². The zero-order valence-electron chi connectivity index (χ0n) is 12.8. The van der Waals surface area contributed by atoms with Crippen LogP contribution in [0.15, 0.2) is 0 Å². The van der Waals surface area contributed by atoms with E-state index in [0.29, 0.717) is 6.10 Å². The molecule has 0 aromatic carbocycles. The van der Waals surface area contributed by atoms with Crippen molar-refractivity contribution in [1.29, 1.82) is 0 Å². The van der Waals surface area contributed by atoms with E-state index in [1.807, 2.05) is 0 Å². The smallest absolute Gasteiger partial charge is 0.0599 e. The van der Waals surface area contributed by atoms with Gasteiger partial charge in [0.25, 0.3) is 0 Å². The number of unbranched alkanes of at least 4 members (excludes halogenated alkanes) is 1. The predicted molar refractivity (Wildman–Crippen MR) is 78.1 cm³/mol. The Morgan fingerprint density at radius 3 is 2.39 bits per heavy atom. The Morgan fingerprint density at radius 2 is 1.83 bits per heavy atom. The minimum absolute atomic E-state index is 0.260. The molecule has 0 aromatic heterocycles. The number of nitrogens with one attached hydrogen (secondary N) is 1. The van der Waals surface area contributed by atoms with Crippen molar-refractivity contribution in [3.63, 3.8) is 0 Å². The SMILES string of the molecule is CCOC1CCN(CCCCNC(C)(C)C)CC1. The third kappa shape index (κ3) is 7.34. The molecule has 1 N–H and O–H groups in total. The first kappa shape index (κ1) is 15.9. The summed E-state index contributed by atoms with van der Waals surface area (Å²) < 4.78 is 5.67. The fourth-order valence-electron chi connectivity index (χ4n) is 2.46. The fraction of sp³-hybridized carbons (Fsp3) is 1.00. The van der Waals surface area contributed by atoms with Gasteiger partial charge in [-0.25, -0.2) is 0 Å². The van der Waals surface area contributed by atoms with Gasteiger partial charge in [0.2, 0.25) is 0 Å². The standard InChI is InChI=1S/C15H32N2O/c1-5-18-14-8-12-17(13-9-14)11-7-6-10-16-15(2,3)4/h14,16H,5-13H2,1-4H3. The van der Waals surface area contributed by atoms with Crippen LogP contribution < -0.4 is 5.32 Å². The second-order valence-electron chi connectivity index (χ2n) is 6.38. The summed E-state index contributed by atoms with van der Waals surface area (Å²) in [6, 6.07) is 0. The highest BCUT2D eigenvalue weighted by Crippen LogP contribution is 2.14. The first-order chi connectivity index (χ1) is 8.51. The highest BCUT2D eigenvalue weighted by molar-refractivity contribution is 4.73. The van der Waals surface area contributed by atoms with Crippen molar-refractivity contribution in [1.82, 2.24) is 10.2 Å². The van der Waals surface area contributed by atoms with Gasteiger partial charge < -0.3 is 15.0 Å². The van der Waals surface area contributed by atoms with Crippen LogP contribution >= 0.6 is 0 Å². The molecule has 1 heterocycles. The first-order valence-corrected chi connectivity index (χ1v) is 7.60. The van der Waals surface area contributed by atoms with E-state index in [0.717, 1.165) is 13.2 Å². The number of piperidine rings is 1. The van der Waals surface area contributed by atoms with Crippen molar-refractivity contribution in [2.45, 2.75) is 65.0 Å². The maximum Gasteiger partial charge on any atom is 0.0599 e. The van der Waals surface area contributed by atoms with E-state index in [2.05, 4.69) is 37.9 Å². The Labute approximate surface area is 113 Å². The molecule has 0 unspecified atom stereocenters. The minimum atomic E-state index is 0.260. The molecule has 0 bridgehead atoms. The van der Waals surface area contributed by atoms with E-state index in [9.17, 15) is 0 Å². The van der Waals surface area contributed by atoms with Crippen LogP contribution in [-0.2, 0) is 4.74 Å². The van der Waals surface area contributed by atoms with Crippen molar-refractivity contribution in [2.75, 3.05) is 32.8 Å². The molecule has 1 aliphatic rings. The zero-order chi connectivity index (χ0) is 13.4. The van der Waals surface area contributed by atoms with Crippen molar-refractivity contribution >= 4 is 0 Å². The van der Waals surface area contributed by atoms with Crippen molar-refractivity contribution < 1.29 is 4.74 Å². The molecular weight excluding hydrogens is 224 g/mol. The van der Waals surface area contributed by atoms with Crippen molar-refractivity contribution in [3.8, 4) is 0 Å². The van der Waals surface area contributed by atoms with Crippen LogP contribution in [-0.4, -0.2) is 49.3 Å². The highest BCUT2D eigenvalue weighted by Gasteiger charge is 2.18. The van der Waals surface area contributed by atoms with Crippen molar-refractivity contribution in [3.05, 3.63) is 0 Å². The van der Waals surface area contributed by atoms with E-state index in [4.69, 9.17) is 4.74 Å². The summed E-state index contributed by atoms with van der Waals surface area (Å²) in [4.78, 5) is 2.59. The highest BCUT2D eigenvalue weighted by atomic mass is 16.5. The molecule has 18 heavy (non-hydrogen) atoms. The zero-order valence-corrected chi connectivity index (χ0v) is 12.8. The van der Waals surface area contributed by atoms with Gasteiger partial charge in [0.1, 0.15) is 0 Å². The molecular formula is C15H32N2O. The molecule has 1 aliphatic heterocycles. The molecule has 0 radical (unpaired) electrons. The molecule has 0 amide bonds. The number of likely N-dealkylation sites (tertiary alicyclic amines) is 1. The summed E-state index contributed by atoms with van der Waals surface area (Å²) in [5.74, 6) is 0. The summed E-state index contributed by atoms with van der Waals surface area (Å²) in [5.41, 5.74) is 0.260. The Kier molecular flexibility index (Phi) is 7.20. The van der Waals surface area contributed by atoms with Gasteiger partial charge in [-0.15, -0.1) is 0 Å². The van der Waals surface area contributed by atoms with Gasteiger partial charge in [-0.1, -0.05) is 0 Å². The lowest BCUT2D eigenvalue weighted by molar-refractivity contribution is 0.0140. The van der Waals surface area contributed by atoms with Crippen LogP contribution in [0.4, 0.5) is 0 Å². The Morgan fingerprint density at radius 1 is 1.17 bits per heavy atom. The number of hydrogen-bond acceptors (Lipinski definition) is 3. The Bertz CT molecular complexity index is 205. The summed E-state index contributed by atoms with van der Waals surface area (Å²) in [5, 5.41) is 3.54. The monoisotopic (exact) mass is 256 g/mol. The van der Waals surface area contributed by atoms with E-state index >= 15 is 0 Å². The van der Waals surface area contributed by atoms with E-state index < -0.39 is 0 Å². The number of nitrogens with zero attached hydrogens (tertiary/aromatic N) is 1. The lowest BCUT2D eigenvalue weighted by Crippen LogP contribution is -2.38. The summed E-state index contributed by atoms with van der Waals surface area (Å²) in [6.45, 7) is 14.5. The van der Waals surface area contributed by atoms with Crippen LogP contribution in [0.2, 0.25) is 0 Å². The van der Waals surface area contributed by atoms with Gasteiger partial charge in [-0.2, -0.15) is 0 Å². The van der Waals surface area contributed by atoms with Gasteiger partial charge in [0.05, 0.1) is 6.10 Å². The second kappa shape index (κ2) is 8.13. The van der Waals surface area contributed by atoms with E-state index in [1.54, 1.807) is 0 Å². The quantitative estimate of drug-likeness (QED) is 0.709. The van der Waals surface area contributed by atoms with Crippen LogP contribution in [0.3, 0.4) is 0 Å². The van der Waals surface area contributed by atoms with E-state index in [1.165, 1.54) is 45.3 Å². The molecule has 3 heteroatoms. The lowest BCUT2D eigenvalue weighted by Gasteiger charge is -2.31. The Hall–Kier alpha value is -0.120. The second-order valence-corrected chi connectivity index (χ2v) is 6.38. The van der Waals surface area contributed by atoms with Gasteiger partial charge in [0.15, 0.2) is 0 Å². The predicted octanol–water partition coefficient (Wildman–Crippen LogP) is 2.66. The summed E-state index contributed by atoms with van der Waals surface area (Å²) in [7, 11) is 0. The van der Waals surface area contributed by atoms with Crippen LogP contribution in [0.1, 0.15) is 53.4 Å². The molecule has 0 atom stereocenters. The topological polar surface area (TPSA) is 24.5 Å². The number of hydrogen-bond donors (Lipinski definition) is 1. The Balaban J connectivity index is 1.98. The average molecular weight is 256 g/mol. The molecule has 1 rings (SSSR count). The van der Waals surface area contributed by atoms with Crippen LogP contribution in [0, 0.1) is 0 Å². The summed E-state index contributed by atoms with van der Waals surface area (Å²) in [6.07, 6.45) is 5.54. The normalized spacial score (nSPS) is 19.3. The molecule has 1 fully saturated rings. The maximum absolute atomic E-state index is 5.67. The third-order valence-electron chi connectivity index (χ3n) is 3.49. The maximum atomic E-state index is 5.67. The first-order valence-electron chi connectivity index (χ1n) is 7.60. The van der Waals surface area contributed by atoms with Crippen LogP contribution in [0.5, 0.6) is 0 Å². The van der Waals surface area contributed by atoms with Crippen LogP contribution in [0.25, 0.3) is 0 Å². The molecule has 0 aliphatic carbocycles. The lowest BCUT2D eigenvalue weighted by atomic mass is 10.1. The molecule has 108 valence electrons. The van der Waals surface area contributed by atoms with Gasteiger partial charge in [-0.3, -0.25) is 0 Å². The third-order valence-corrected chi connectivity index (χ3v) is 3.49. The fourth-order valence-corrected chi connectivity index (χ4v) is 2.46. The molecule has 0 spiro atoms. The van der Waals surface area contributed by atoms with Gasteiger partial charge in [0, 0.05) is 25.2 Å². The molecule has 1 saturated heterocycles. The molecule has 0 saturated carbocycles. The van der Waals surface area contributed by atoms with Gasteiger partial charge in [-0.05, 0) is 66.5 Å². The average Bonchev–Trinajstić information content (AvgIpc) is 2.30. The number of ether oxygens (including phenoxy) is 1. The number of rotatable bonds is 7. The largest absolute Gasteiger partial charge is 0.378 e. The minimum Gasteiger partial charge on any atom is -0.378 e. The molecule has 0 aromatic rings. The summed E-state index contributed by atoms with van der Waals surface area (Å²) >= 11 is 0. The van der Waals surface area contributed by atoms with Gasteiger partial charge >= 0.3 is 0 Å². The van der Waals surface area contributed by atoms with E-state index in [-0.39, 0.29) is 5.54 Å².